The maximum absolute atomic E-state index is 13.4. The van der Waals surface area contributed by atoms with Crippen LogP contribution in [0.3, 0.4) is 0 Å². The number of nitrogens with zero attached hydrogens (tertiary/aromatic N) is 1. The van der Waals surface area contributed by atoms with Crippen molar-refractivity contribution in [3.63, 3.8) is 0 Å². The van der Waals surface area contributed by atoms with Crippen molar-refractivity contribution in [2.75, 3.05) is 19.7 Å². The summed E-state index contributed by atoms with van der Waals surface area (Å²) in [6.45, 7) is 7.48. The molecule has 1 N–H and O–H groups in total. The summed E-state index contributed by atoms with van der Waals surface area (Å²) in [6, 6.07) is 3.03. The molecule has 1 aromatic rings. The van der Waals surface area contributed by atoms with Crippen LogP contribution in [-0.4, -0.2) is 48.5 Å². The molecule has 3 atom stereocenters. The lowest BCUT2D eigenvalue weighted by Crippen LogP contribution is -2.54. The van der Waals surface area contributed by atoms with Gasteiger partial charge in [-0.1, -0.05) is 6.92 Å². The van der Waals surface area contributed by atoms with Crippen molar-refractivity contribution < 1.29 is 18.3 Å². The molecule has 2 aliphatic carbocycles. The van der Waals surface area contributed by atoms with Gasteiger partial charge in [0.2, 0.25) is 5.91 Å². The Labute approximate surface area is 194 Å². The number of nitrogens with one attached hydrogen (secondary N) is 1. The molecule has 4 aliphatic rings. The van der Waals surface area contributed by atoms with Crippen molar-refractivity contribution in [1.29, 1.82) is 0 Å². The van der Waals surface area contributed by atoms with Gasteiger partial charge in [0.05, 0.1) is 12.2 Å². The summed E-state index contributed by atoms with van der Waals surface area (Å²) >= 11 is 1.97. The SMILES string of the molecule is CCc1cc2c(s1)CCO[C@@]21CCN(C[C@H]2C[C@@H](NC(=O)CC3CCC3(F)F)C2)[C@@H](C)C1. The van der Waals surface area contributed by atoms with Gasteiger partial charge in [-0.25, -0.2) is 8.78 Å². The predicted octanol–water partition coefficient (Wildman–Crippen LogP) is 4.89. The summed E-state index contributed by atoms with van der Waals surface area (Å²) in [5, 5.41) is 2.99. The molecule has 1 spiro atoms. The van der Waals surface area contributed by atoms with Crippen LogP contribution in [0.2, 0.25) is 0 Å². The van der Waals surface area contributed by atoms with E-state index in [9.17, 15) is 13.6 Å². The molecule has 0 radical (unpaired) electrons. The highest BCUT2D eigenvalue weighted by Gasteiger charge is 2.49. The number of thiophene rings is 1. The van der Waals surface area contributed by atoms with Crippen LogP contribution >= 0.6 is 11.3 Å². The number of likely N-dealkylation sites (tertiary alicyclic amines) is 1. The van der Waals surface area contributed by atoms with Gasteiger partial charge in [0.1, 0.15) is 0 Å². The van der Waals surface area contributed by atoms with E-state index >= 15 is 0 Å². The van der Waals surface area contributed by atoms with E-state index < -0.39 is 11.8 Å². The summed E-state index contributed by atoms with van der Waals surface area (Å²) in [4.78, 5) is 17.7. The summed E-state index contributed by atoms with van der Waals surface area (Å²) in [6.07, 6.45) is 6.55. The molecule has 1 amide bonds. The standard InChI is InChI=1S/C25H36F2N2O2S/c1-3-20-13-21-22(32-20)5-9-31-24(21)7-8-29(16(2)14-24)15-17-10-19(11-17)28-23(30)12-18-4-6-25(18,26)27/h13,16-19H,3-12,14-15H2,1-2H3,(H,28,30)/t16-,17-,18?,19+,24+/m0/s1. The average molecular weight is 467 g/mol. The molecule has 32 heavy (non-hydrogen) atoms. The van der Waals surface area contributed by atoms with Crippen molar-refractivity contribution in [3.8, 4) is 0 Å². The minimum absolute atomic E-state index is 0.0241. The minimum Gasteiger partial charge on any atom is -0.370 e. The van der Waals surface area contributed by atoms with E-state index in [4.69, 9.17) is 4.74 Å². The maximum Gasteiger partial charge on any atom is 0.251 e. The summed E-state index contributed by atoms with van der Waals surface area (Å²) < 4.78 is 33.2. The molecule has 1 saturated heterocycles. The zero-order valence-electron chi connectivity index (χ0n) is 19.3. The number of carbonyl (C=O) groups excluding carboxylic acids is 1. The van der Waals surface area contributed by atoms with Crippen LogP contribution in [0.15, 0.2) is 6.07 Å². The molecule has 3 fully saturated rings. The van der Waals surface area contributed by atoms with Gasteiger partial charge in [-0.15, -0.1) is 11.3 Å². The molecule has 1 aromatic heterocycles. The third-order valence-electron chi connectivity index (χ3n) is 8.41. The molecule has 3 heterocycles. The molecule has 7 heteroatoms. The Balaban J connectivity index is 1.09. The van der Waals surface area contributed by atoms with Crippen LogP contribution in [-0.2, 0) is 28.0 Å². The second kappa shape index (κ2) is 8.62. The quantitative estimate of drug-likeness (QED) is 0.649. The van der Waals surface area contributed by atoms with E-state index in [1.54, 1.807) is 0 Å². The van der Waals surface area contributed by atoms with E-state index in [0.29, 0.717) is 18.4 Å². The van der Waals surface area contributed by atoms with Crippen molar-refractivity contribution in [1.82, 2.24) is 10.2 Å². The lowest BCUT2D eigenvalue weighted by atomic mass is 9.76. The van der Waals surface area contributed by atoms with Crippen LogP contribution in [0.4, 0.5) is 8.78 Å². The Kier molecular flexibility index (Phi) is 6.13. The first-order chi connectivity index (χ1) is 15.3. The van der Waals surface area contributed by atoms with Crippen LogP contribution in [0, 0.1) is 11.8 Å². The summed E-state index contributed by atoms with van der Waals surface area (Å²) in [7, 11) is 0. The fourth-order valence-electron chi connectivity index (χ4n) is 6.21. The Bertz CT molecular complexity index is 853. The Morgan fingerprint density at radius 3 is 2.81 bits per heavy atom. The van der Waals surface area contributed by atoms with Crippen LogP contribution < -0.4 is 5.32 Å². The van der Waals surface area contributed by atoms with Crippen LogP contribution in [0.1, 0.15) is 74.1 Å². The van der Waals surface area contributed by atoms with Gasteiger partial charge in [-0.3, -0.25) is 4.79 Å². The molecule has 4 nitrogen and oxygen atoms in total. The number of carbonyl (C=O) groups is 1. The Hall–Kier alpha value is -1.05. The number of aryl methyl sites for hydroxylation is 1. The normalized spacial score (nSPS) is 36.2. The van der Waals surface area contributed by atoms with Gasteiger partial charge in [0.25, 0.3) is 5.92 Å². The number of amides is 1. The highest BCUT2D eigenvalue weighted by atomic mass is 32.1. The van der Waals surface area contributed by atoms with Gasteiger partial charge in [-0.05, 0) is 63.0 Å². The first kappa shape index (κ1) is 22.7. The molecular weight excluding hydrogens is 430 g/mol. The van der Waals surface area contributed by atoms with Crippen LogP contribution in [0.25, 0.3) is 0 Å². The van der Waals surface area contributed by atoms with Crippen molar-refractivity contribution in [2.45, 2.75) is 95.2 Å². The fraction of sp³-hybridized carbons (Fsp3) is 0.800. The third-order valence-corrected chi connectivity index (χ3v) is 9.75. The number of halogens is 2. The summed E-state index contributed by atoms with van der Waals surface area (Å²) in [5.41, 5.74) is 1.35. The smallest absolute Gasteiger partial charge is 0.251 e. The van der Waals surface area contributed by atoms with E-state index in [2.05, 4.69) is 30.1 Å². The summed E-state index contributed by atoms with van der Waals surface area (Å²) in [5.74, 6) is -3.00. The second-order valence-corrected chi connectivity index (χ2v) is 11.8. The zero-order chi connectivity index (χ0) is 22.5. The first-order valence-electron chi connectivity index (χ1n) is 12.5. The van der Waals surface area contributed by atoms with E-state index in [-0.39, 0.29) is 30.4 Å². The molecule has 178 valence electrons. The van der Waals surface area contributed by atoms with Gasteiger partial charge in [0.15, 0.2) is 0 Å². The first-order valence-corrected chi connectivity index (χ1v) is 13.3. The molecule has 2 aliphatic heterocycles. The average Bonchev–Trinajstić information content (AvgIpc) is 3.17. The van der Waals surface area contributed by atoms with E-state index in [1.807, 2.05) is 11.3 Å². The number of alkyl halides is 2. The number of hydrogen-bond acceptors (Lipinski definition) is 4. The van der Waals surface area contributed by atoms with Crippen molar-refractivity contribution in [2.24, 2.45) is 11.8 Å². The molecule has 0 aromatic carbocycles. The second-order valence-electron chi connectivity index (χ2n) is 10.6. The number of ether oxygens (including phenoxy) is 1. The number of hydrogen-bond donors (Lipinski definition) is 1. The number of rotatable bonds is 6. The fourth-order valence-corrected chi connectivity index (χ4v) is 7.39. The van der Waals surface area contributed by atoms with Gasteiger partial charge >= 0.3 is 0 Å². The maximum atomic E-state index is 13.4. The Morgan fingerprint density at radius 2 is 2.16 bits per heavy atom. The molecule has 0 bridgehead atoms. The van der Waals surface area contributed by atoms with Crippen molar-refractivity contribution >= 4 is 17.2 Å². The third kappa shape index (κ3) is 4.25. The number of piperidine rings is 1. The molecule has 1 unspecified atom stereocenters. The van der Waals surface area contributed by atoms with E-state index in [1.165, 1.54) is 15.3 Å². The van der Waals surface area contributed by atoms with Crippen molar-refractivity contribution in [3.05, 3.63) is 21.4 Å². The highest BCUT2D eigenvalue weighted by molar-refractivity contribution is 7.12. The minimum atomic E-state index is -2.63. The highest BCUT2D eigenvalue weighted by Crippen LogP contribution is 2.47. The lowest BCUT2D eigenvalue weighted by molar-refractivity contribution is -0.149. The molecule has 5 rings (SSSR count). The zero-order valence-corrected chi connectivity index (χ0v) is 20.1. The topological polar surface area (TPSA) is 41.6 Å². The van der Waals surface area contributed by atoms with Gasteiger partial charge in [-0.2, -0.15) is 0 Å². The van der Waals surface area contributed by atoms with E-state index in [0.717, 1.165) is 58.2 Å². The van der Waals surface area contributed by atoms with Crippen LogP contribution in [0.5, 0.6) is 0 Å². The predicted molar refractivity (Wildman–Crippen MR) is 122 cm³/mol. The Morgan fingerprint density at radius 1 is 1.34 bits per heavy atom. The lowest BCUT2D eigenvalue weighted by Gasteiger charge is -2.49. The number of fused-ring (bicyclic) bond motifs is 2. The van der Waals surface area contributed by atoms with Gasteiger partial charge in [0, 0.05) is 60.1 Å². The van der Waals surface area contributed by atoms with Gasteiger partial charge < -0.3 is 15.0 Å². The molecular formula is C25H36F2N2O2S. The monoisotopic (exact) mass is 466 g/mol. The largest absolute Gasteiger partial charge is 0.370 e. The molecule has 2 saturated carbocycles.